The average molecular weight is 242 g/mol. The van der Waals surface area contributed by atoms with Crippen molar-refractivity contribution < 1.29 is 13.2 Å². The van der Waals surface area contributed by atoms with Crippen LogP contribution in [0.25, 0.3) is 5.69 Å². The van der Waals surface area contributed by atoms with Crippen LogP contribution in [0, 0.1) is 0 Å². The summed E-state index contributed by atoms with van der Waals surface area (Å²) in [7, 11) is 0. The van der Waals surface area contributed by atoms with E-state index in [0.717, 1.165) is 16.9 Å². The molecular weight excluding hydrogens is 229 g/mol. The van der Waals surface area contributed by atoms with E-state index in [1.807, 2.05) is 13.8 Å². The predicted octanol–water partition coefficient (Wildman–Crippen LogP) is 3.92. The molecule has 0 amide bonds. The van der Waals surface area contributed by atoms with Gasteiger partial charge in [-0.05, 0) is 18.2 Å². The number of hydrogen-bond acceptors (Lipinski definition) is 1. The Morgan fingerprint density at radius 3 is 2.12 bits per heavy atom. The van der Waals surface area contributed by atoms with Gasteiger partial charge in [-0.25, -0.2) is 4.68 Å². The van der Waals surface area contributed by atoms with Crippen molar-refractivity contribution in [1.82, 2.24) is 9.78 Å². The van der Waals surface area contributed by atoms with Gasteiger partial charge in [0.25, 0.3) is 0 Å². The minimum Gasteiger partial charge on any atom is -0.229 e. The van der Waals surface area contributed by atoms with Gasteiger partial charge in [0, 0.05) is 0 Å². The van der Waals surface area contributed by atoms with E-state index in [9.17, 15) is 13.2 Å². The van der Waals surface area contributed by atoms with Crippen LogP contribution in [0.4, 0.5) is 13.2 Å². The molecule has 0 aliphatic rings. The number of aromatic nitrogens is 2. The lowest BCUT2D eigenvalue weighted by molar-refractivity contribution is -0.142. The summed E-state index contributed by atoms with van der Waals surface area (Å²) in [5.41, 5.74) is -0.372. The molecule has 2 rings (SSSR count). The predicted molar refractivity (Wildman–Crippen MR) is 59.9 cm³/mol. The zero-order chi connectivity index (χ0) is 12.9. The number of alkyl halides is 3. The topological polar surface area (TPSA) is 17.8 Å². The molecule has 0 aliphatic heterocycles. The smallest absolute Gasteiger partial charge is 0.229 e. The van der Waals surface area contributed by atoms with Crippen molar-refractivity contribution in [3.8, 4) is 5.69 Å². The second-order valence-electron chi connectivity index (χ2n) is 2.96. The fraction of sp³-hybridized carbons (Fsp3) is 0.250. The first-order valence-electron chi connectivity index (χ1n) is 5.26. The molecule has 0 aliphatic carbocycles. The molecular formula is C12H13F3N2. The SMILES string of the molecule is CC.FC(F)(F)c1ccnn1-c1ccccc1. The van der Waals surface area contributed by atoms with Crippen LogP contribution in [0.1, 0.15) is 19.5 Å². The van der Waals surface area contributed by atoms with E-state index >= 15 is 0 Å². The van der Waals surface area contributed by atoms with Gasteiger partial charge in [0.1, 0.15) is 5.69 Å². The molecule has 0 bridgehead atoms. The Kier molecular flexibility index (Phi) is 4.31. The van der Waals surface area contributed by atoms with Crippen molar-refractivity contribution in [2.45, 2.75) is 20.0 Å². The zero-order valence-corrected chi connectivity index (χ0v) is 9.57. The highest BCUT2D eigenvalue weighted by Crippen LogP contribution is 2.30. The molecule has 1 aromatic heterocycles. The molecule has 5 heteroatoms. The molecule has 1 heterocycles. The maximum absolute atomic E-state index is 12.5. The molecule has 17 heavy (non-hydrogen) atoms. The van der Waals surface area contributed by atoms with E-state index in [1.165, 1.54) is 0 Å². The fourth-order valence-corrected chi connectivity index (χ4v) is 1.29. The zero-order valence-electron chi connectivity index (χ0n) is 9.57. The van der Waals surface area contributed by atoms with Gasteiger partial charge in [0.05, 0.1) is 11.9 Å². The van der Waals surface area contributed by atoms with E-state index in [4.69, 9.17) is 0 Å². The molecule has 0 N–H and O–H groups in total. The van der Waals surface area contributed by atoms with Crippen LogP contribution in [-0.4, -0.2) is 9.78 Å². The Bertz CT molecular complexity index is 446. The second-order valence-corrected chi connectivity index (χ2v) is 2.96. The summed E-state index contributed by atoms with van der Waals surface area (Å²) in [6.07, 6.45) is -3.25. The van der Waals surface area contributed by atoms with Gasteiger partial charge in [0.15, 0.2) is 0 Å². The van der Waals surface area contributed by atoms with Gasteiger partial charge in [-0.1, -0.05) is 32.0 Å². The quantitative estimate of drug-likeness (QED) is 0.741. The molecule has 92 valence electrons. The number of hydrogen-bond donors (Lipinski definition) is 0. The van der Waals surface area contributed by atoms with Crippen molar-refractivity contribution in [3.63, 3.8) is 0 Å². The third-order valence-electron chi connectivity index (χ3n) is 1.93. The molecule has 0 unspecified atom stereocenters. The fourth-order valence-electron chi connectivity index (χ4n) is 1.29. The lowest BCUT2D eigenvalue weighted by atomic mass is 10.3. The highest BCUT2D eigenvalue weighted by molar-refractivity contribution is 5.32. The Labute approximate surface area is 97.7 Å². The molecule has 0 saturated carbocycles. The van der Waals surface area contributed by atoms with E-state index in [1.54, 1.807) is 30.3 Å². The van der Waals surface area contributed by atoms with Crippen LogP contribution >= 0.6 is 0 Å². The Morgan fingerprint density at radius 1 is 1.00 bits per heavy atom. The third kappa shape index (κ3) is 3.09. The number of nitrogens with zero attached hydrogens (tertiary/aromatic N) is 2. The number of para-hydroxylation sites is 1. The first-order valence-corrected chi connectivity index (χ1v) is 5.26. The lowest BCUT2D eigenvalue weighted by Gasteiger charge is -2.09. The monoisotopic (exact) mass is 242 g/mol. The Morgan fingerprint density at radius 2 is 1.59 bits per heavy atom. The van der Waals surface area contributed by atoms with Crippen LogP contribution in [-0.2, 0) is 6.18 Å². The largest absolute Gasteiger partial charge is 0.433 e. The maximum atomic E-state index is 12.5. The van der Waals surface area contributed by atoms with Crippen molar-refractivity contribution in [1.29, 1.82) is 0 Å². The number of benzene rings is 1. The van der Waals surface area contributed by atoms with Gasteiger partial charge in [-0.3, -0.25) is 0 Å². The van der Waals surface area contributed by atoms with Gasteiger partial charge >= 0.3 is 6.18 Å². The molecule has 0 saturated heterocycles. The number of rotatable bonds is 1. The van der Waals surface area contributed by atoms with Crippen LogP contribution in [0.2, 0.25) is 0 Å². The third-order valence-corrected chi connectivity index (χ3v) is 1.93. The summed E-state index contributed by atoms with van der Waals surface area (Å²) in [5, 5.41) is 3.65. The standard InChI is InChI=1S/C10H7F3N2.C2H6/c11-10(12,13)9-6-7-14-15(9)8-4-2-1-3-5-8;1-2/h1-7H;1-2H3. The molecule has 2 nitrogen and oxygen atoms in total. The van der Waals surface area contributed by atoms with Crippen LogP contribution < -0.4 is 0 Å². The van der Waals surface area contributed by atoms with Crippen LogP contribution in [0.5, 0.6) is 0 Å². The Balaban J connectivity index is 0.000000686. The molecule has 2 aromatic rings. The normalized spacial score (nSPS) is 10.6. The van der Waals surface area contributed by atoms with Crippen LogP contribution in [0.15, 0.2) is 42.6 Å². The molecule has 0 spiro atoms. The summed E-state index contributed by atoms with van der Waals surface area (Å²) in [6.45, 7) is 4.00. The van der Waals surface area contributed by atoms with E-state index < -0.39 is 11.9 Å². The number of halogens is 3. The minimum absolute atomic E-state index is 0.398. The van der Waals surface area contributed by atoms with Crippen molar-refractivity contribution >= 4 is 0 Å². The Hall–Kier alpha value is -1.78. The highest BCUT2D eigenvalue weighted by atomic mass is 19.4. The summed E-state index contributed by atoms with van der Waals surface area (Å²) in [4.78, 5) is 0. The minimum atomic E-state index is -4.38. The second kappa shape index (κ2) is 5.52. The van der Waals surface area contributed by atoms with Crippen molar-refractivity contribution in [2.75, 3.05) is 0 Å². The van der Waals surface area contributed by atoms with Gasteiger partial charge < -0.3 is 0 Å². The van der Waals surface area contributed by atoms with Gasteiger partial charge in [-0.2, -0.15) is 18.3 Å². The van der Waals surface area contributed by atoms with E-state index in [-0.39, 0.29) is 0 Å². The summed E-state index contributed by atoms with van der Waals surface area (Å²) < 4.78 is 38.4. The average Bonchev–Trinajstić information content (AvgIpc) is 2.81. The summed E-state index contributed by atoms with van der Waals surface area (Å²) in [6, 6.07) is 9.16. The van der Waals surface area contributed by atoms with E-state index in [0.29, 0.717) is 5.69 Å². The van der Waals surface area contributed by atoms with Crippen molar-refractivity contribution in [2.24, 2.45) is 0 Å². The first-order chi connectivity index (χ1) is 8.09. The van der Waals surface area contributed by atoms with Crippen LogP contribution in [0.3, 0.4) is 0 Å². The lowest BCUT2D eigenvalue weighted by Crippen LogP contribution is -2.12. The summed E-state index contributed by atoms with van der Waals surface area (Å²) >= 11 is 0. The first kappa shape index (κ1) is 13.3. The molecule has 1 aromatic carbocycles. The molecule has 0 atom stereocenters. The van der Waals surface area contributed by atoms with Gasteiger partial charge in [0.2, 0.25) is 0 Å². The highest BCUT2D eigenvalue weighted by Gasteiger charge is 2.34. The molecule has 0 radical (unpaired) electrons. The maximum Gasteiger partial charge on any atom is 0.433 e. The van der Waals surface area contributed by atoms with Crippen molar-refractivity contribution in [3.05, 3.63) is 48.3 Å². The molecule has 0 fully saturated rings. The van der Waals surface area contributed by atoms with Gasteiger partial charge in [-0.15, -0.1) is 0 Å². The summed E-state index contributed by atoms with van der Waals surface area (Å²) in [5.74, 6) is 0. The van der Waals surface area contributed by atoms with E-state index in [2.05, 4.69) is 5.10 Å².